The van der Waals surface area contributed by atoms with Crippen LogP contribution in [0.25, 0.3) is 4.72 Å². The van der Waals surface area contributed by atoms with Crippen molar-refractivity contribution in [1.82, 2.24) is 0 Å². The maximum absolute atomic E-state index is 11.2. The Kier molecular flexibility index (Phi) is 3.27. The van der Waals surface area contributed by atoms with Crippen LogP contribution in [0.1, 0.15) is 0 Å². The van der Waals surface area contributed by atoms with Gasteiger partial charge in [-0.3, -0.25) is 0 Å². The lowest BCUT2D eigenvalue weighted by atomic mass is 10.3. The minimum absolute atomic E-state index is 0.00188. The molecule has 0 spiro atoms. The molecule has 1 aromatic carbocycles. The van der Waals surface area contributed by atoms with E-state index in [0.717, 1.165) is 0 Å². The van der Waals surface area contributed by atoms with Gasteiger partial charge in [-0.1, -0.05) is 30.3 Å². The van der Waals surface area contributed by atoms with E-state index in [4.69, 9.17) is 0 Å². The Bertz CT molecular complexity index is 348. The fourth-order valence-corrected chi connectivity index (χ4v) is 1.78. The molecule has 0 saturated heterocycles. The fourth-order valence-electron chi connectivity index (χ4n) is 0.877. The predicted molar refractivity (Wildman–Crippen MR) is 51.0 cm³/mol. The second kappa shape index (κ2) is 4.25. The zero-order chi connectivity index (χ0) is 9.73. The van der Waals surface area contributed by atoms with Gasteiger partial charge in [-0.15, -0.1) is 5.69 Å². The van der Waals surface area contributed by atoms with E-state index in [1.807, 2.05) is 6.07 Å². The maximum atomic E-state index is 11.2. The third-order valence-electron chi connectivity index (χ3n) is 1.40. The van der Waals surface area contributed by atoms with Gasteiger partial charge in [0.15, 0.2) is 0 Å². The van der Waals surface area contributed by atoms with Crippen LogP contribution in [0.15, 0.2) is 30.3 Å². The number of benzene rings is 1. The van der Waals surface area contributed by atoms with Crippen LogP contribution in [0.3, 0.4) is 0 Å². The Morgan fingerprint density at radius 2 is 1.85 bits per heavy atom. The highest BCUT2D eigenvalue weighted by molar-refractivity contribution is 7.94. The first-order valence-electron chi connectivity index (χ1n) is 3.94. The lowest BCUT2D eigenvalue weighted by Crippen LogP contribution is -2.52. The summed E-state index contributed by atoms with van der Waals surface area (Å²) in [6.07, 6.45) is 0. The smallest absolute Gasteiger partial charge is 0.0993 e. The molecule has 4 nitrogen and oxygen atoms in total. The van der Waals surface area contributed by atoms with Crippen LogP contribution in [0, 0.1) is 0 Å². The number of hydrogen-bond acceptors (Lipinski definition) is 2. The zero-order valence-corrected chi connectivity index (χ0v) is 8.00. The van der Waals surface area contributed by atoms with E-state index in [1.54, 1.807) is 24.3 Å². The lowest BCUT2D eigenvalue weighted by Gasteiger charge is -2.20. The molecule has 5 heteroatoms. The number of hydrogen-bond donors (Lipinski definition) is 1. The van der Waals surface area contributed by atoms with Gasteiger partial charge >= 0.3 is 0 Å². The Labute approximate surface area is 77.8 Å². The van der Waals surface area contributed by atoms with E-state index in [9.17, 15) is 8.42 Å². The van der Waals surface area contributed by atoms with E-state index < -0.39 is 10.0 Å². The topological polar surface area (TPSA) is 75.9 Å². The summed E-state index contributed by atoms with van der Waals surface area (Å²) in [5.41, 5.74) is 3.94. The highest BCUT2D eigenvalue weighted by Crippen LogP contribution is 2.20. The van der Waals surface area contributed by atoms with E-state index in [2.05, 4.69) is 10.5 Å². The largest absolute Gasteiger partial charge is 0.577 e. The molecular formula is C8H12N2O2S. The van der Waals surface area contributed by atoms with Crippen molar-refractivity contribution in [2.45, 2.75) is 0 Å². The molecular weight excluding hydrogens is 188 g/mol. The van der Waals surface area contributed by atoms with Gasteiger partial charge < -0.3 is 10.5 Å². The molecule has 0 saturated carbocycles. The van der Waals surface area contributed by atoms with Crippen molar-refractivity contribution in [1.29, 1.82) is 0 Å². The number of quaternary nitrogens is 1. The molecule has 1 aromatic rings. The summed E-state index contributed by atoms with van der Waals surface area (Å²) in [6, 6.07) is 8.62. The van der Waals surface area contributed by atoms with Crippen LogP contribution in [0.5, 0.6) is 0 Å². The molecule has 0 unspecified atom stereocenters. The average molecular weight is 200 g/mol. The van der Waals surface area contributed by atoms with Crippen LogP contribution in [0.4, 0.5) is 5.69 Å². The van der Waals surface area contributed by atoms with Gasteiger partial charge in [0.2, 0.25) is 0 Å². The monoisotopic (exact) mass is 200 g/mol. The molecule has 3 N–H and O–H groups in total. The van der Waals surface area contributed by atoms with Crippen LogP contribution in [-0.2, 0) is 10.0 Å². The highest BCUT2D eigenvalue weighted by atomic mass is 32.2. The first kappa shape index (κ1) is 10.0. The summed E-state index contributed by atoms with van der Waals surface area (Å²) in [5, 5.41) is 0. The van der Waals surface area contributed by atoms with Crippen LogP contribution < -0.4 is 5.73 Å². The number of rotatable bonds is 4. The molecule has 0 heterocycles. The van der Waals surface area contributed by atoms with Crippen molar-refractivity contribution in [2.24, 2.45) is 0 Å². The van der Waals surface area contributed by atoms with Gasteiger partial charge in [0.05, 0.1) is 22.3 Å². The summed E-state index contributed by atoms with van der Waals surface area (Å²) >= 11 is 0. The summed E-state index contributed by atoms with van der Waals surface area (Å²) in [7, 11) is -3.32. The quantitative estimate of drug-likeness (QED) is 0.757. The molecule has 0 bridgehead atoms. The lowest BCUT2D eigenvalue weighted by molar-refractivity contribution is -0.360. The van der Waals surface area contributed by atoms with Crippen molar-refractivity contribution >= 4 is 15.7 Å². The summed E-state index contributed by atoms with van der Waals surface area (Å²) in [5.74, 6) is 0.00188. The Morgan fingerprint density at radius 1 is 1.23 bits per heavy atom. The molecule has 0 atom stereocenters. The number of nitrogens with zero attached hydrogens (tertiary/aromatic N) is 1. The van der Waals surface area contributed by atoms with Crippen molar-refractivity contribution in [3.63, 3.8) is 0 Å². The normalized spacial score (nSPS) is 11.2. The second-order valence-electron chi connectivity index (χ2n) is 2.57. The van der Waals surface area contributed by atoms with Crippen LogP contribution in [0.2, 0.25) is 0 Å². The van der Waals surface area contributed by atoms with Gasteiger partial charge in [0.1, 0.15) is 0 Å². The third kappa shape index (κ3) is 3.43. The predicted octanol–water partition coefficient (Wildman–Crippen LogP) is 0.263. The van der Waals surface area contributed by atoms with Crippen molar-refractivity contribution < 1.29 is 14.2 Å². The molecule has 0 amide bonds. The van der Waals surface area contributed by atoms with Gasteiger partial charge in [-0.05, 0) is 0 Å². The van der Waals surface area contributed by atoms with Gasteiger partial charge in [0, 0.05) is 0 Å². The minimum atomic E-state index is -3.32. The SMILES string of the molecule is [NH3+]CCS(=O)(=O)[N-]c1ccccc1. The van der Waals surface area contributed by atoms with Gasteiger partial charge in [0.25, 0.3) is 0 Å². The molecule has 72 valence electrons. The van der Waals surface area contributed by atoms with Crippen LogP contribution >= 0.6 is 0 Å². The van der Waals surface area contributed by atoms with E-state index >= 15 is 0 Å². The molecule has 0 aliphatic heterocycles. The average Bonchev–Trinajstić information content (AvgIpc) is 2.04. The standard InChI is InChI=1S/C8H11N2O2S/c9-6-7-13(11,12)10-8-4-2-1-3-5-8/h1-5H,6-7,9H2/q-1/p+1. The Balaban J connectivity index is 2.70. The summed E-state index contributed by atoms with van der Waals surface area (Å²) in [4.78, 5) is 0. The van der Waals surface area contributed by atoms with E-state index in [-0.39, 0.29) is 5.75 Å². The molecule has 0 aliphatic rings. The van der Waals surface area contributed by atoms with Crippen molar-refractivity contribution in [3.8, 4) is 0 Å². The Hall–Kier alpha value is -1.07. The molecule has 13 heavy (non-hydrogen) atoms. The fraction of sp³-hybridized carbons (Fsp3) is 0.250. The van der Waals surface area contributed by atoms with Crippen molar-refractivity contribution in [2.75, 3.05) is 12.3 Å². The van der Waals surface area contributed by atoms with Crippen molar-refractivity contribution in [3.05, 3.63) is 35.1 Å². The molecule has 0 radical (unpaired) electrons. The van der Waals surface area contributed by atoms with E-state index in [1.165, 1.54) is 0 Å². The summed E-state index contributed by atoms with van der Waals surface area (Å²) < 4.78 is 26.0. The third-order valence-corrected chi connectivity index (χ3v) is 2.70. The van der Waals surface area contributed by atoms with Crippen LogP contribution in [-0.4, -0.2) is 20.7 Å². The molecule has 0 aliphatic carbocycles. The highest BCUT2D eigenvalue weighted by Gasteiger charge is 1.97. The van der Waals surface area contributed by atoms with Gasteiger partial charge in [-0.25, -0.2) is 8.42 Å². The first-order chi connectivity index (χ1) is 6.14. The molecule has 1 rings (SSSR count). The van der Waals surface area contributed by atoms with E-state index in [0.29, 0.717) is 12.2 Å². The minimum Gasteiger partial charge on any atom is -0.577 e. The number of sulfonamides is 1. The first-order valence-corrected chi connectivity index (χ1v) is 5.55. The zero-order valence-electron chi connectivity index (χ0n) is 7.18. The van der Waals surface area contributed by atoms with Gasteiger partial charge in [-0.2, -0.15) is 0 Å². The summed E-state index contributed by atoms with van der Waals surface area (Å²) in [6.45, 7) is 0.346. The maximum Gasteiger partial charge on any atom is 0.0993 e. The molecule has 0 aromatic heterocycles. The molecule has 0 fully saturated rings. The second-order valence-corrected chi connectivity index (χ2v) is 4.32. The Morgan fingerprint density at radius 3 is 2.38 bits per heavy atom.